The molecule has 0 aliphatic carbocycles. The van der Waals surface area contributed by atoms with Gasteiger partial charge in [0.2, 0.25) is 5.91 Å². The number of ketones is 1. The number of Topliss-reactive ketones (excluding diaryl/α,β-unsaturated/α-hetero) is 1. The van der Waals surface area contributed by atoms with Crippen molar-refractivity contribution in [2.24, 2.45) is 0 Å². The zero-order chi connectivity index (χ0) is 26.0. The van der Waals surface area contributed by atoms with Crippen LogP contribution in [0.15, 0.2) is 66.9 Å². The van der Waals surface area contributed by atoms with Gasteiger partial charge in [-0.25, -0.2) is 4.98 Å². The molecule has 0 fully saturated rings. The minimum atomic E-state index is -4.54. The number of alkyl halides is 3. The molecule has 0 spiro atoms. The Balaban J connectivity index is 1.46. The van der Waals surface area contributed by atoms with Gasteiger partial charge in [-0.05, 0) is 42.0 Å². The Morgan fingerprint density at radius 1 is 0.972 bits per heavy atom. The summed E-state index contributed by atoms with van der Waals surface area (Å²) in [5.74, 6) is -1.28. The maximum atomic E-state index is 13.0. The molecular formula is C25H19F3N4O3S. The molecule has 2 aromatic heterocycles. The number of rotatable bonds is 6. The Hall–Kier alpha value is -4.12. The number of halogens is 3. The number of nitrogens with zero attached hydrogens (tertiary/aromatic N) is 1. The molecule has 0 aliphatic heterocycles. The molecule has 2 aromatic carbocycles. The second kappa shape index (κ2) is 9.86. The van der Waals surface area contributed by atoms with Crippen molar-refractivity contribution in [1.82, 2.24) is 9.97 Å². The molecule has 7 nitrogen and oxygen atoms in total. The van der Waals surface area contributed by atoms with Gasteiger partial charge in [0.15, 0.2) is 5.78 Å². The van der Waals surface area contributed by atoms with Gasteiger partial charge in [-0.1, -0.05) is 24.3 Å². The van der Waals surface area contributed by atoms with E-state index in [4.69, 9.17) is 0 Å². The summed E-state index contributed by atoms with van der Waals surface area (Å²) in [6.07, 6.45) is -3.11. The number of anilines is 2. The zero-order valence-corrected chi connectivity index (χ0v) is 19.6. The van der Waals surface area contributed by atoms with Crippen molar-refractivity contribution in [2.45, 2.75) is 18.3 Å². The first-order valence-electron chi connectivity index (χ1n) is 10.6. The summed E-state index contributed by atoms with van der Waals surface area (Å²) >= 11 is 4.17. The molecule has 2 amide bonds. The lowest BCUT2D eigenvalue weighted by molar-refractivity contribution is -0.137. The minimum absolute atomic E-state index is 0.0835. The number of benzene rings is 2. The van der Waals surface area contributed by atoms with Gasteiger partial charge in [0.05, 0.1) is 23.1 Å². The van der Waals surface area contributed by atoms with Crippen LogP contribution in [0, 0.1) is 0 Å². The summed E-state index contributed by atoms with van der Waals surface area (Å²) in [6.45, 7) is 1.43. The van der Waals surface area contributed by atoms with Crippen LogP contribution in [-0.4, -0.2) is 27.6 Å². The van der Waals surface area contributed by atoms with Gasteiger partial charge in [-0.2, -0.15) is 25.8 Å². The van der Waals surface area contributed by atoms with Crippen LogP contribution in [0.4, 0.5) is 24.5 Å². The van der Waals surface area contributed by atoms with Crippen LogP contribution in [0.25, 0.3) is 11.0 Å². The highest BCUT2D eigenvalue weighted by Gasteiger charge is 2.31. The van der Waals surface area contributed by atoms with Crippen molar-refractivity contribution in [1.29, 1.82) is 0 Å². The molecule has 4 rings (SSSR count). The topological polar surface area (TPSA) is 104 Å². The Bertz CT molecular complexity index is 1480. The molecule has 36 heavy (non-hydrogen) atoms. The lowest BCUT2D eigenvalue weighted by atomic mass is 10.1. The molecule has 4 aromatic rings. The molecule has 0 saturated heterocycles. The predicted molar refractivity (Wildman–Crippen MR) is 132 cm³/mol. The lowest BCUT2D eigenvalue weighted by Gasteiger charge is -2.14. The maximum absolute atomic E-state index is 13.0. The number of H-pyrrole nitrogens is 1. The molecule has 184 valence electrons. The summed E-state index contributed by atoms with van der Waals surface area (Å²) in [6, 6.07) is 13.7. The molecule has 0 radical (unpaired) electrons. The molecule has 2 heterocycles. The molecule has 1 unspecified atom stereocenters. The van der Waals surface area contributed by atoms with Crippen molar-refractivity contribution in [3.05, 3.63) is 89.2 Å². The van der Waals surface area contributed by atoms with Crippen LogP contribution >= 0.6 is 12.6 Å². The van der Waals surface area contributed by atoms with Crippen molar-refractivity contribution in [2.75, 3.05) is 10.6 Å². The van der Waals surface area contributed by atoms with E-state index in [2.05, 4.69) is 33.2 Å². The highest BCUT2D eigenvalue weighted by Crippen LogP contribution is 2.32. The van der Waals surface area contributed by atoms with Crippen molar-refractivity contribution in [3.8, 4) is 0 Å². The number of hydrogen-bond acceptors (Lipinski definition) is 5. The van der Waals surface area contributed by atoms with Crippen LogP contribution < -0.4 is 10.6 Å². The third-order valence-electron chi connectivity index (χ3n) is 5.28. The van der Waals surface area contributed by atoms with Crippen LogP contribution in [0.5, 0.6) is 0 Å². The molecule has 1 atom stereocenters. The lowest BCUT2D eigenvalue weighted by Crippen LogP contribution is -2.19. The first kappa shape index (κ1) is 25.0. The summed E-state index contributed by atoms with van der Waals surface area (Å²) in [5, 5.41) is 4.76. The van der Waals surface area contributed by atoms with E-state index in [1.165, 1.54) is 43.5 Å². The molecule has 3 N–H and O–H groups in total. The van der Waals surface area contributed by atoms with Gasteiger partial charge in [0, 0.05) is 23.6 Å². The van der Waals surface area contributed by atoms with Gasteiger partial charge in [-0.15, -0.1) is 0 Å². The van der Waals surface area contributed by atoms with E-state index < -0.39 is 28.8 Å². The smallest absolute Gasteiger partial charge is 0.337 e. The van der Waals surface area contributed by atoms with Gasteiger partial charge >= 0.3 is 6.18 Å². The third-order valence-corrected chi connectivity index (χ3v) is 5.81. The monoisotopic (exact) mass is 512 g/mol. The quantitative estimate of drug-likeness (QED) is 0.198. The fourth-order valence-corrected chi connectivity index (χ4v) is 3.69. The zero-order valence-electron chi connectivity index (χ0n) is 18.7. The molecule has 0 saturated carbocycles. The second-order valence-electron chi connectivity index (χ2n) is 7.95. The van der Waals surface area contributed by atoms with E-state index in [-0.39, 0.29) is 22.6 Å². The third kappa shape index (κ3) is 5.57. The number of thiol groups is 1. The van der Waals surface area contributed by atoms with Crippen LogP contribution in [-0.2, 0) is 11.0 Å². The summed E-state index contributed by atoms with van der Waals surface area (Å²) in [4.78, 5) is 44.0. The number of carbonyl (C=O) groups excluding carboxylic acids is 3. The highest BCUT2D eigenvalue weighted by molar-refractivity contribution is 7.81. The van der Waals surface area contributed by atoms with Gasteiger partial charge in [0.1, 0.15) is 10.9 Å². The summed E-state index contributed by atoms with van der Waals surface area (Å²) < 4.78 is 38.9. The van der Waals surface area contributed by atoms with E-state index in [1.807, 2.05) is 0 Å². The predicted octanol–water partition coefficient (Wildman–Crippen LogP) is 5.65. The fourth-order valence-electron chi connectivity index (χ4n) is 3.46. The van der Waals surface area contributed by atoms with Crippen molar-refractivity contribution >= 4 is 52.6 Å². The van der Waals surface area contributed by atoms with E-state index in [9.17, 15) is 27.6 Å². The van der Waals surface area contributed by atoms with E-state index in [1.54, 1.807) is 18.2 Å². The molecular weight excluding hydrogens is 493 g/mol. The number of aromatic nitrogens is 2. The number of nitrogens with one attached hydrogen (secondary N) is 3. The number of carbonyl (C=O) groups is 3. The molecule has 11 heteroatoms. The van der Waals surface area contributed by atoms with Gasteiger partial charge in [0.25, 0.3) is 5.91 Å². The molecule has 0 bridgehead atoms. The number of aromatic amines is 1. The molecule has 0 aliphatic rings. The number of pyridine rings is 1. The SMILES string of the molecule is CC(=O)c1cc2cc(NC(=O)c3cccc(NC(=O)C(S)c4cccc(C(F)(F)F)c4)c3)cnc2[nH]1. The first-order chi connectivity index (χ1) is 17.0. The van der Waals surface area contributed by atoms with Crippen molar-refractivity contribution < 1.29 is 27.6 Å². The highest BCUT2D eigenvalue weighted by atomic mass is 32.1. The average Bonchev–Trinajstić information content (AvgIpc) is 3.27. The Morgan fingerprint density at radius 3 is 2.44 bits per heavy atom. The van der Waals surface area contributed by atoms with Crippen molar-refractivity contribution in [3.63, 3.8) is 0 Å². The summed E-state index contributed by atoms with van der Waals surface area (Å²) in [5.41, 5.74) is 0.999. The van der Waals surface area contributed by atoms with E-state index in [0.29, 0.717) is 22.4 Å². The average molecular weight is 513 g/mol. The van der Waals surface area contributed by atoms with E-state index >= 15 is 0 Å². The Kier molecular flexibility index (Phi) is 6.84. The standard InChI is InChI=1S/C25H19F3N4O3S/c1-13(33)20-11-16-10-19(12-29-22(16)32-20)31-23(34)15-5-3-7-18(9-15)30-24(35)21(36)14-4-2-6-17(8-14)25(26,27)28/h2-12,21,36H,1H3,(H,29,32)(H,30,35)(H,31,34). The Morgan fingerprint density at radius 2 is 1.72 bits per heavy atom. The van der Waals surface area contributed by atoms with E-state index in [0.717, 1.165) is 12.1 Å². The second-order valence-corrected chi connectivity index (χ2v) is 8.47. The number of amides is 2. The van der Waals surface area contributed by atoms with Gasteiger partial charge < -0.3 is 15.6 Å². The number of hydrogen-bond donors (Lipinski definition) is 4. The van der Waals surface area contributed by atoms with Crippen LogP contribution in [0.1, 0.15) is 44.1 Å². The normalized spacial score (nSPS) is 12.2. The maximum Gasteiger partial charge on any atom is 0.416 e. The first-order valence-corrected chi connectivity index (χ1v) is 11.1. The minimum Gasteiger partial charge on any atom is -0.337 e. The summed E-state index contributed by atoms with van der Waals surface area (Å²) in [7, 11) is 0. The largest absolute Gasteiger partial charge is 0.416 e. The number of fused-ring (bicyclic) bond motifs is 1. The van der Waals surface area contributed by atoms with Gasteiger partial charge in [-0.3, -0.25) is 14.4 Å². The Labute approximate surface area is 208 Å². The fraction of sp³-hybridized carbons (Fsp3) is 0.120. The van der Waals surface area contributed by atoms with Crippen LogP contribution in [0.3, 0.4) is 0 Å². The van der Waals surface area contributed by atoms with Crippen LogP contribution in [0.2, 0.25) is 0 Å².